The molecule has 0 fully saturated rings. The predicted molar refractivity (Wildman–Crippen MR) is 138 cm³/mol. The standard InChI is InChI=1S/C25H24ClN7O2/c1-16-5-7-18(8-6-16)30-23-20(26)15-28-24(33-23)32-21-10-9-19(12-22(21)35-2)31-25(34)29-14-17-4-3-11-27-13-17/h3-13,15H,14H2,1-2H3,(H2,29,31,34)(H2,28,30,32,33). The summed E-state index contributed by atoms with van der Waals surface area (Å²) in [5.74, 6) is 1.30. The highest BCUT2D eigenvalue weighted by molar-refractivity contribution is 6.32. The van der Waals surface area contributed by atoms with Crippen LogP contribution in [0.25, 0.3) is 0 Å². The lowest BCUT2D eigenvalue weighted by atomic mass is 10.2. The Balaban J connectivity index is 1.42. The molecule has 0 saturated heterocycles. The number of aryl methyl sites for hydroxylation is 1. The SMILES string of the molecule is COc1cc(NC(=O)NCc2cccnc2)ccc1Nc1ncc(Cl)c(Nc2ccc(C)cc2)n1. The van der Waals surface area contributed by atoms with Gasteiger partial charge in [-0.2, -0.15) is 4.98 Å². The minimum absolute atomic E-state index is 0.331. The zero-order chi connectivity index (χ0) is 24.6. The molecule has 178 valence electrons. The number of amides is 2. The molecule has 2 aromatic carbocycles. The highest BCUT2D eigenvalue weighted by atomic mass is 35.5. The molecule has 2 amide bonds. The summed E-state index contributed by atoms with van der Waals surface area (Å²) >= 11 is 6.28. The van der Waals surface area contributed by atoms with Gasteiger partial charge in [-0.25, -0.2) is 9.78 Å². The molecule has 0 unspecified atom stereocenters. The molecule has 0 aliphatic carbocycles. The van der Waals surface area contributed by atoms with Crippen molar-refractivity contribution in [1.29, 1.82) is 0 Å². The van der Waals surface area contributed by atoms with Gasteiger partial charge in [0.05, 0.1) is 19.0 Å². The van der Waals surface area contributed by atoms with Crippen LogP contribution >= 0.6 is 11.6 Å². The zero-order valence-electron chi connectivity index (χ0n) is 19.2. The van der Waals surface area contributed by atoms with E-state index in [9.17, 15) is 4.79 Å². The van der Waals surface area contributed by atoms with Crippen LogP contribution in [0.1, 0.15) is 11.1 Å². The van der Waals surface area contributed by atoms with Gasteiger partial charge in [0.1, 0.15) is 10.8 Å². The van der Waals surface area contributed by atoms with E-state index in [0.29, 0.717) is 40.5 Å². The topological polar surface area (TPSA) is 113 Å². The third-order valence-electron chi connectivity index (χ3n) is 4.94. The van der Waals surface area contributed by atoms with E-state index >= 15 is 0 Å². The molecule has 4 N–H and O–H groups in total. The van der Waals surface area contributed by atoms with Crippen molar-refractivity contribution in [3.8, 4) is 5.75 Å². The Morgan fingerprint density at radius 2 is 1.83 bits per heavy atom. The third kappa shape index (κ3) is 6.58. The molecular weight excluding hydrogens is 466 g/mol. The number of ether oxygens (including phenoxy) is 1. The largest absolute Gasteiger partial charge is 0.494 e. The summed E-state index contributed by atoms with van der Waals surface area (Å²) in [6, 6.07) is 16.5. The molecule has 0 radical (unpaired) electrons. The van der Waals surface area contributed by atoms with Crippen LogP contribution in [0.15, 0.2) is 73.2 Å². The maximum absolute atomic E-state index is 12.3. The summed E-state index contributed by atoms with van der Waals surface area (Å²) in [5.41, 5.74) is 4.10. The fourth-order valence-electron chi connectivity index (χ4n) is 3.14. The minimum atomic E-state index is -0.343. The maximum atomic E-state index is 12.3. The normalized spacial score (nSPS) is 10.4. The first-order valence-corrected chi connectivity index (χ1v) is 11.1. The third-order valence-corrected chi connectivity index (χ3v) is 5.22. The molecule has 2 aromatic heterocycles. The number of nitrogens with one attached hydrogen (secondary N) is 4. The maximum Gasteiger partial charge on any atom is 0.319 e. The molecule has 2 heterocycles. The Bertz CT molecular complexity index is 1300. The monoisotopic (exact) mass is 489 g/mol. The van der Waals surface area contributed by atoms with Crippen molar-refractivity contribution in [2.24, 2.45) is 0 Å². The van der Waals surface area contributed by atoms with Crippen LogP contribution in [-0.2, 0) is 6.54 Å². The fraction of sp³-hybridized carbons (Fsp3) is 0.120. The zero-order valence-corrected chi connectivity index (χ0v) is 19.9. The van der Waals surface area contributed by atoms with Gasteiger partial charge in [0.25, 0.3) is 0 Å². The number of benzene rings is 2. The summed E-state index contributed by atoms with van der Waals surface area (Å²) in [5, 5.41) is 12.3. The summed E-state index contributed by atoms with van der Waals surface area (Å²) in [7, 11) is 1.54. The summed E-state index contributed by atoms with van der Waals surface area (Å²) < 4.78 is 5.49. The quantitative estimate of drug-likeness (QED) is 0.253. The van der Waals surface area contributed by atoms with E-state index in [-0.39, 0.29) is 6.03 Å². The first kappa shape index (κ1) is 23.8. The van der Waals surface area contributed by atoms with E-state index in [2.05, 4.69) is 36.2 Å². The summed E-state index contributed by atoms with van der Waals surface area (Å²) in [6.07, 6.45) is 4.90. The molecule has 10 heteroatoms. The summed E-state index contributed by atoms with van der Waals surface area (Å²) in [6.45, 7) is 2.38. The Kier molecular flexibility index (Phi) is 7.59. The van der Waals surface area contributed by atoms with Gasteiger partial charge >= 0.3 is 6.03 Å². The van der Waals surface area contributed by atoms with E-state index in [1.807, 2.05) is 43.3 Å². The molecule has 0 aliphatic heterocycles. The predicted octanol–water partition coefficient (Wildman–Crippen LogP) is 5.65. The van der Waals surface area contributed by atoms with Crippen LogP contribution in [-0.4, -0.2) is 28.1 Å². The van der Waals surface area contributed by atoms with E-state index in [4.69, 9.17) is 16.3 Å². The molecule has 0 saturated carbocycles. The van der Waals surface area contributed by atoms with Crippen LogP contribution in [0.2, 0.25) is 5.02 Å². The number of carbonyl (C=O) groups excluding carboxylic acids is 1. The number of methoxy groups -OCH3 is 1. The van der Waals surface area contributed by atoms with Gasteiger partial charge in [-0.15, -0.1) is 0 Å². The molecule has 4 rings (SSSR count). The second-order valence-corrected chi connectivity index (χ2v) is 8.00. The second kappa shape index (κ2) is 11.2. The second-order valence-electron chi connectivity index (χ2n) is 7.59. The van der Waals surface area contributed by atoms with Crippen molar-refractivity contribution in [1.82, 2.24) is 20.3 Å². The van der Waals surface area contributed by atoms with Crippen molar-refractivity contribution in [3.05, 3.63) is 89.3 Å². The lowest BCUT2D eigenvalue weighted by Crippen LogP contribution is -2.28. The number of anilines is 5. The van der Waals surface area contributed by atoms with Gasteiger partial charge < -0.3 is 26.0 Å². The Hall–Kier alpha value is -4.37. The molecule has 0 aliphatic rings. The number of halogens is 1. The number of nitrogens with zero attached hydrogens (tertiary/aromatic N) is 3. The van der Waals surface area contributed by atoms with E-state index in [0.717, 1.165) is 16.8 Å². The van der Waals surface area contributed by atoms with Crippen LogP contribution in [0, 0.1) is 6.92 Å². The minimum Gasteiger partial charge on any atom is -0.494 e. The number of hydrogen-bond acceptors (Lipinski definition) is 7. The van der Waals surface area contributed by atoms with Crippen molar-refractivity contribution in [3.63, 3.8) is 0 Å². The van der Waals surface area contributed by atoms with Crippen molar-refractivity contribution in [2.45, 2.75) is 13.5 Å². The number of rotatable bonds is 8. The molecule has 0 spiro atoms. The highest BCUT2D eigenvalue weighted by Crippen LogP contribution is 2.31. The number of urea groups is 1. The van der Waals surface area contributed by atoms with Crippen LogP contribution in [0.5, 0.6) is 5.75 Å². The molecule has 9 nitrogen and oxygen atoms in total. The first-order valence-electron chi connectivity index (χ1n) is 10.8. The van der Waals surface area contributed by atoms with Crippen molar-refractivity contribution >= 4 is 46.5 Å². The highest BCUT2D eigenvalue weighted by Gasteiger charge is 2.11. The van der Waals surface area contributed by atoms with Crippen LogP contribution in [0.4, 0.5) is 33.6 Å². The first-order chi connectivity index (χ1) is 17.0. The Morgan fingerprint density at radius 3 is 2.57 bits per heavy atom. The Morgan fingerprint density at radius 1 is 1.03 bits per heavy atom. The van der Waals surface area contributed by atoms with Gasteiger partial charge in [-0.1, -0.05) is 35.4 Å². The summed E-state index contributed by atoms with van der Waals surface area (Å²) in [4.78, 5) is 25.0. The van der Waals surface area contributed by atoms with E-state index < -0.39 is 0 Å². The van der Waals surface area contributed by atoms with E-state index in [1.54, 1.807) is 37.7 Å². The number of carbonyl (C=O) groups is 1. The Labute approximate surface area is 207 Å². The van der Waals surface area contributed by atoms with Crippen LogP contribution in [0.3, 0.4) is 0 Å². The van der Waals surface area contributed by atoms with Gasteiger partial charge in [0, 0.05) is 36.4 Å². The van der Waals surface area contributed by atoms with Gasteiger partial charge in [-0.05, 0) is 42.8 Å². The van der Waals surface area contributed by atoms with E-state index in [1.165, 1.54) is 6.20 Å². The molecular formula is C25H24ClN7O2. The average molecular weight is 490 g/mol. The lowest BCUT2D eigenvalue weighted by Gasteiger charge is -2.14. The van der Waals surface area contributed by atoms with Gasteiger partial charge in [0.15, 0.2) is 5.82 Å². The number of aromatic nitrogens is 3. The van der Waals surface area contributed by atoms with Crippen molar-refractivity contribution < 1.29 is 9.53 Å². The average Bonchev–Trinajstić information content (AvgIpc) is 2.87. The van der Waals surface area contributed by atoms with Crippen molar-refractivity contribution in [2.75, 3.05) is 23.1 Å². The van der Waals surface area contributed by atoms with Gasteiger partial charge in [-0.3, -0.25) is 4.98 Å². The molecule has 0 atom stereocenters. The number of hydrogen-bond donors (Lipinski definition) is 4. The molecule has 35 heavy (non-hydrogen) atoms. The lowest BCUT2D eigenvalue weighted by molar-refractivity contribution is 0.251. The fourth-order valence-corrected chi connectivity index (χ4v) is 3.28. The van der Waals surface area contributed by atoms with Crippen LogP contribution < -0.4 is 26.0 Å². The smallest absolute Gasteiger partial charge is 0.319 e. The molecule has 4 aromatic rings. The number of pyridine rings is 1. The molecule has 0 bridgehead atoms. The van der Waals surface area contributed by atoms with Gasteiger partial charge in [0.2, 0.25) is 5.95 Å².